The summed E-state index contributed by atoms with van der Waals surface area (Å²) < 4.78 is 6.91. The number of aliphatic hydroxyl groups is 1. The molecule has 9 heteroatoms. The van der Waals surface area contributed by atoms with Crippen molar-refractivity contribution in [3.05, 3.63) is 52.5 Å². The molecule has 0 aliphatic carbocycles. The second-order valence-electron chi connectivity index (χ2n) is 7.93. The monoisotopic (exact) mass is 474 g/mol. The molecule has 2 N–H and O–H groups in total. The molecule has 1 atom stereocenters. The van der Waals surface area contributed by atoms with Gasteiger partial charge in [0.15, 0.2) is 0 Å². The maximum Gasteiger partial charge on any atom is 0.238 e. The molecule has 4 rings (SSSR count). The van der Waals surface area contributed by atoms with Crippen molar-refractivity contribution in [2.24, 2.45) is 0 Å². The van der Waals surface area contributed by atoms with E-state index in [4.69, 9.17) is 16.3 Å². The summed E-state index contributed by atoms with van der Waals surface area (Å²) in [6.45, 7) is 6.20. The van der Waals surface area contributed by atoms with Crippen LogP contribution in [0.1, 0.15) is 5.01 Å². The van der Waals surface area contributed by atoms with E-state index in [-0.39, 0.29) is 12.5 Å². The second-order valence-corrected chi connectivity index (χ2v) is 9.57. The van der Waals surface area contributed by atoms with Crippen LogP contribution in [0.25, 0.3) is 10.2 Å². The minimum absolute atomic E-state index is 0.0766. The molecular formula is C23H27ClN4O3S. The summed E-state index contributed by atoms with van der Waals surface area (Å²) in [6, 6.07) is 13.0. The molecule has 7 nitrogen and oxygen atoms in total. The van der Waals surface area contributed by atoms with Crippen LogP contribution in [0.3, 0.4) is 0 Å². The zero-order chi connectivity index (χ0) is 22.5. The van der Waals surface area contributed by atoms with Crippen molar-refractivity contribution in [1.82, 2.24) is 14.8 Å². The smallest absolute Gasteiger partial charge is 0.238 e. The van der Waals surface area contributed by atoms with Gasteiger partial charge in [-0.05, 0) is 31.2 Å². The van der Waals surface area contributed by atoms with Gasteiger partial charge in [-0.25, -0.2) is 4.98 Å². The van der Waals surface area contributed by atoms with Gasteiger partial charge < -0.3 is 15.2 Å². The number of para-hydroxylation sites is 1. The van der Waals surface area contributed by atoms with Gasteiger partial charge >= 0.3 is 0 Å². The first-order valence-corrected chi connectivity index (χ1v) is 11.8. The van der Waals surface area contributed by atoms with E-state index in [0.29, 0.717) is 23.8 Å². The number of β-amino-alcohol motifs (C(OH)–C–C–N with tert-alkyl or cyclic N) is 1. The summed E-state index contributed by atoms with van der Waals surface area (Å²) in [5.41, 5.74) is 1.55. The minimum atomic E-state index is -0.585. The fraction of sp³-hybridized carbons (Fsp3) is 0.391. The van der Waals surface area contributed by atoms with Crippen molar-refractivity contribution in [3.63, 3.8) is 0 Å². The first-order chi connectivity index (χ1) is 15.5. The Labute approximate surface area is 196 Å². The number of benzene rings is 2. The number of amides is 1. The highest BCUT2D eigenvalue weighted by Gasteiger charge is 2.21. The van der Waals surface area contributed by atoms with Gasteiger partial charge in [0.25, 0.3) is 0 Å². The number of aromatic nitrogens is 1. The number of fused-ring (bicyclic) bond motifs is 1. The Morgan fingerprint density at radius 2 is 1.97 bits per heavy atom. The molecule has 0 bridgehead atoms. The quantitative estimate of drug-likeness (QED) is 0.522. The fourth-order valence-electron chi connectivity index (χ4n) is 3.74. The maximum atomic E-state index is 12.3. The minimum Gasteiger partial charge on any atom is -0.491 e. The molecule has 2 heterocycles. The Morgan fingerprint density at radius 1 is 1.22 bits per heavy atom. The third kappa shape index (κ3) is 6.17. The van der Waals surface area contributed by atoms with Gasteiger partial charge in [0.2, 0.25) is 5.91 Å². The lowest BCUT2D eigenvalue weighted by molar-refractivity contribution is -0.117. The Balaban J connectivity index is 1.17. The molecule has 0 radical (unpaired) electrons. The van der Waals surface area contributed by atoms with E-state index in [1.165, 1.54) is 0 Å². The second kappa shape index (κ2) is 10.6. The van der Waals surface area contributed by atoms with Crippen LogP contribution in [0, 0.1) is 6.92 Å². The standard InChI is InChI=1S/C23H27ClN4O3S/c1-16-25-21-12-18(6-7-22(21)32-16)31-15-17(29)13-27-8-10-28(11-9-27)14-23(30)26-20-5-3-2-4-19(20)24/h2-7,12,17,29H,8-11,13-15H2,1H3,(H,26,30)/t17-/m1/s1. The molecule has 1 amide bonds. The van der Waals surface area contributed by atoms with E-state index in [1.807, 2.05) is 37.3 Å². The van der Waals surface area contributed by atoms with Crippen LogP contribution < -0.4 is 10.1 Å². The summed E-state index contributed by atoms with van der Waals surface area (Å²) in [5, 5.41) is 14.8. The number of ether oxygens (including phenoxy) is 1. The summed E-state index contributed by atoms with van der Waals surface area (Å²) in [6.07, 6.45) is -0.585. The average Bonchev–Trinajstić information content (AvgIpc) is 3.14. The summed E-state index contributed by atoms with van der Waals surface area (Å²) in [7, 11) is 0. The number of carbonyl (C=O) groups is 1. The van der Waals surface area contributed by atoms with E-state index in [1.54, 1.807) is 23.5 Å². The van der Waals surface area contributed by atoms with Gasteiger partial charge in [-0.2, -0.15) is 0 Å². The van der Waals surface area contributed by atoms with E-state index >= 15 is 0 Å². The molecule has 0 saturated carbocycles. The van der Waals surface area contributed by atoms with Crippen LogP contribution in [0.5, 0.6) is 5.75 Å². The van der Waals surface area contributed by atoms with E-state index in [2.05, 4.69) is 20.1 Å². The lowest BCUT2D eigenvalue weighted by atomic mass is 10.2. The first-order valence-electron chi connectivity index (χ1n) is 10.6. The number of nitrogens with zero attached hydrogens (tertiary/aromatic N) is 3. The van der Waals surface area contributed by atoms with Crippen molar-refractivity contribution < 1.29 is 14.6 Å². The normalized spacial score (nSPS) is 16.2. The number of aliphatic hydroxyl groups excluding tert-OH is 1. The number of hydrogen-bond donors (Lipinski definition) is 2. The molecule has 1 aliphatic heterocycles. The number of thiazole rings is 1. The summed E-state index contributed by atoms with van der Waals surface area (Å²) in [5.74, 6) is 0.642. The largest absolute Gasteiger partial charge is 0.491 e. The molecule has 3 aromatic rings. The van der Waals surface area contributed by atoms with Crippen molar-refractivity contribution >= 4 is 44.7 Å². The molecule has 170 valence electrons. The first kappa shape index (κ1) is 22.9. The maximum absolute atomic E-state index is 12.3. The Morgan fingerprint density at radius 3 is 2.75 bits per heavy atom. The highest BCUT2D eigenvalue weighted by atomic mass is 35.5. The predicted molar refractivity (Wildman–Crippen MR) is 129 cm³/mol. The number of piperazine rings is 1. The number of aryl methyl sites for hydroxylation is 1. The predicted octanol–water partition coefficient (Wildman–Crippen LogP) is 3.25. The van der Waals surface area contributed by atoms with Crippen LogP contribution in [0.15, 0.2) is 42.5 Å². The van der Waals surface area contributed by atoms with E-state index in [0.717, 1.165) is 47.2 Å². The Bertz CT molecular complexity index is 1070. The highest BCUT2D eigenvalue weighted by Crippen LogP contribution is 2.25. The van der Waals surface area contributed by atoms with Crippen molar-refractivity contribution in [2.45, 2.75) is 13.0 Å². The van der Waals surface area contributed by atoms with Crippen LogP contribution >= 0.6 is 22.9 Å². The van der Waals surface area contributed by atoms with Gasteiger partial charge in [-0.15, -0.1) is 11.3 Å². The van der Waals surface area contributed by atoms with Gasteiger partial charge in [0.1, 0.15) is 18.5 Å². The number of hydrogen-bond acceptors (Lipinski definition) is 7. The van der Waals surface area contributed by atoms with Gasteiger partial charge in [0, 0.05) is 38.8 Å². The van der Waals surface area contributed by atoms with Crippen LogP contribution in [0.4, 0.5) is 5.69 Å². The van der Waals surface area contributed by atoms with Crippen molar-refractivity contribution in [3.8, 4) is 5.75 Å². The number of anilines is 1. The van der Waals surface area contributed by atoms with E-state index < -0.39 is 6.10 Å². The molecule has 1 fully saturated rings. The SMILES string of the molecule is Cc1nc2cc(OC[C@H](O)CN3CCN(CC(=O)Nc4ccccc4Cl)CC3)ccc2s1. The van der Waals surface area contributed by atoms with Gasteiger partial charge in [0.05, 0.1) is 32.5 Å². The van der Waals surface area contributed by atoms with Crippen LogP contribution in [-0.4, -0.2) is 77.8 Å². The number of nitrogens with one attached hydrogen (secondary N) is 1. The van der Waals surface area contributed by atoms with Gasteiger partial charge in [-0.1, -0.05) is 23.7 Å². The van der Waals surface area contributed by atoms with Gasteiger partial charge in [-0.3, -0.25) is 14.6 Å². The average molecular weight is 475 g/mol. The number of rotatable bonds is 8. The van der Waals surface area contributed by atoms with E-state index in [9.17, 15) is 9.90 Å². The highest BCUT2D eigenvalue weighted by molar-refractivity contribution is 7.18. The summed E-state index contributed by atoms with van der Waals surface area (Å²) >= 11 is 7.75. The molecule has 32 heavy (non-hydrogen) atoms. The van der Waals surface area contributed by atoms with Crippen molar-refractivity contribution in [1.29, 1.82) is 0 Å². The lowest BCUT2D eigenvalue weighted by Gasteiger charge is -2.35. The Hall–Kier alpha value is -2.23. The molecule has 0 spiro atoms. The number of halogens is 1. The lowest BCUT2D eigenvalue weighted by Crippen LogP contribution is -2.50. The zero-order valence-corrected chi connectivity index (χ0v) is 19.5. The van der Waals surface area contributed by atoms with Crippen molar-refractivity contribution in [2.75, 3.05) is 51.2 Å². The molecule has 1 aliphatic rings. The summed E-state index contributed by atoms with van der Waals surface area (Å²) in [4.78, 5) is 21.1. The number of carbonyl (C=O) groups excluding carboxylic acids is 1. The van der Waals surface area contributed by atoms with Crippen LogP contribution in [0.2, 0.25) is 5.02 Å². The zero-order valence-electron chi connectivity index (χ0n) is 18.0. The molecule has 0 unspecified atom stereocenters. The topological polar surface area (TPSA) is 77.9 Å². The Kier molecular flexibility index (Phi) is 7.59. The molecule has 1 aromatic heterocycles. The third-order valence-corrected chi connectivity index (χ3v) is 6.64. The third-order valence-electron chi connectivity index (χ3n) is 5.36. The fourth-order valence-corrected chi connectivity index (χ4v) is 4.73. The molecular weight excluding hydrogens is 448 g/mol. The van der Waals surface area contributed by atoms with Crippen LogP contribution in [-0.2, 0) is 4.79 Å². The molecule has 1 saturated heterocycles. The molecule has 2 aromatic carbocycles.